The van der Waals surface area contributed by atoms with Gasteiger partial charge in [-0.05, 0) is 49.5 Å². The summed E-state index contributed by atoms with van der Waals surface area (Å²) >= 11 is 0. The summed E-state index contributed by atoms with van der Waals surface area (Å²) in [5.74, 6) is 0.284. The summed E-state index contributed by atoms with van der Waals surface area (Å²) in [4.78, 5) is 31.3. The van der Waals surface area contributed by atoms with Crippen LogP contribution in [0.2, 0.25) is 0 Å². The minimum absolute atomic E-state index is 0.0381. The van der Waals surface area contributed by atoms with Crippen molar-refractivity contribution in [3.05, 3.63) is 65.7 Å². The molecule has 34 heavy (non-hydrogen) atoms. The van der Waals surface area contributed by atoms with E-state index in [-0.39, 0.29) is 23.8 Å². The first-order chi connectivity index (χ1) is 16.4. The fourth-order valence-electron chi connectivity index (χ4n) is 4.94. The number of amides is 3. The lowest BCUT2D eigenvalue weighted by Crippen LogP contribution is -2.61. The molecule has 0 aromatic heterocycles. The number of nitrogens with two attached hydrogens (primary N) is 1. The predicted octanol–water partition coefficient (Wildman–Crippen LogP) is 2.63. The van der Waals surface area contributed by atoms with Gasteiger partial charge in [0.1, 0.15) is 5.84 Å². The zero-order valence-corrected chi connectivity index (χ0v) is 19.7. The summed E-state index contributed by atoms with van der Waals surface area (Å²) in [6.07, 6.45) is 2.09. The number of piperidine rings is 1. The third-order valence-corrected chi connectivity index (χ3v) is 6.66. The fourth-order valence-corrected chi connectivity index (χ4v) is 4.94. The number of anilines is 1. The van der Waals surface area contributed by atoms with Crippen molar-refractivity contribution in [2.24, 2.45) is 11.7 Å². The van der Waals surface area contributed by atoms with Crippen molar-refractivity contribution in [2.75, 3.05) is 37.6 Å². The van der Waals surface area contributed by atoms with Crippen LogP contribution in [0.3, 0.4) is 0 Å². The van der Waals surface area contributed by atoms with Gasteiger partial charge in [-0.3, -0.25) is 20.0 Å². The van der Waals surface area contributed by atoms with Crippen molar-refractivity contribution in [1.82, 2.24) is 15.1 Å². The Morgan fingerprint density at radius 3 is 2.50 bits per heavy atom. The van der Waals surface area contributed by atoms with Gasteiger partial charge in [-0.1, -0.05) is 42.5 Å². The fraction of sp³-hybridized carbons (Fsp3) is 0.423. The average Bonchev–Trinajstić information content (AvgIpc) is 2.82. The molecule has 4 N–H and O–H groups in total. The number of nitrogen functional groups attached to an aromatic ring is 1. The molecule has 2 aliphatic rings. The maximum Gasteiger partial charge on any atom is 0.324 e. The monoisotopic (exact) mass is 462 g/mol. The van der Waals surface area contributed by atoms with E-state index in [0.29, 0.717) is 36.8 Å². The molecule has 0 saturated carbocycles. The summed E-state index contributed by atoms with van der Waals surface area (Å²) in [5.41, 5.74) is 8.25. The minimum atomic E-state index is -0.158. The lowest BCUT2D eigenvalue weighted by molar-refractivity contribution is -0.119. The summed E-state index contributed by atoms with van der Waals surface area (Å²) in [6.45, 7) is 6.07. The Hall–Kier alpha value is -3.39. The Kier molecular flexibility index (Phi) is 7.47. The second-order valence-corrected chi connectivity index (χ2v) is 9.36. The van der Waals surface area contributed by atoms with Crippen molar-refractivity contribution in [3.8, 4) is 0 Å². The van der Waals surface area contributed by atoms with Crippen molar-refractivity contribution >= 4 is 23.5 Å². The first-order valence-corrected chi connectivity index (χ1v) is 11.9. The molecule has 0 radical (unpaired) electrons. The SMILES string of the molecule is CC(=O)NC1CN(CC2CCN(Cc3ccccc3)CC2)C(=O)N(c2cccc(C(=N)N)c2)C1. The molecule has 0 aliphatic carbocycles. The molecule has 2 saturated heterocycles. The van der Waals surface area contributed by atoms with E-state index in [1.807, 2.05) is 17.0 Å². The molecule has 2 aromatic rings. The normalized spacial score (nSPS) is 19.8. The third kappa shape index (κ3) is 5.94. The van der Waals surface area contributed by atoms with Crippen LogP contribution in [0, 0.1) is 11.3 Å². The van der Waals surface area contributed by atoms with Crippen LogP contribution in [0.25, 0.3) is 0 Å². The molecule has 4 rings (SSSR count). The van der Waals surface area contributed by atoms with Crippen LogP contribution in [0.15, 0.2) is 54.6 Å². The predicted molar refractivity (Wildman–Crippen MR) is 134 cm³/mol. The lowest BCUT2D eigenvalue weighted by atomic mass is 9.95. The maximum atomic E-state index is 13.5. The van der Waals surface area contributed by atoms with Crippen LogP contribution in [0.1, 0.15) is 30.9 Å². The number of benzene rings is 2. The van der Waals surface area contributed by atoms with Gasteiger partial charge < -0.3 is 16.0 Å². The second kappa shape index (κ2) is 10.7. The van der Waals surface area contributed by atoms with Crippen LogP contribution in [-0.2, 0) is 11.3 Å². The molecule has 1 atom stereocenters. The number of urea groups is 1. The standard InChI is InChI=1S/C26H34N6O2/c1-19(33)29-23-17-31(26(34)32(18-23)24-9-5-8-22(14-24)25(27)28)16-21-10-12-30(13-11-21)15-20-6-3-2-4-7-20/h2-9,14,21,23H,10-13,15-18H2,1H3,(H3,27,28)(H,29,33). The second-order valence-electron chi connectivity index (χ2n) is 9.36. The molecule has 180 valence electrons. The van der Waals surface area contributed by atoms with E-state index in [2.05, 4.69) is 34.5 Å². The van der Waals surface area contributed by atoms with E-state index < -0.39 is 0 Å². The molecular formula is C26H34N6O2. The first-order valence-electron chi connectivity index (χ1n) is 11.9. The number of carbonyl (C=O) groups excluding carboxylic acids is 2. The van der Waals surface area contributed by atoms with Gasteiger partial charge in [-0.25, -0.2) is 4.79 Å². The quantitative estimate of drug-likeness (QED) is 0.434. The molecular weight excluding hydrogens is 428 g/mol. The van der Waals surface area contributed by atoms with Crippen LogP contribution in [0.4, 0.5) is 10.5 Å². The van der Waals surface area contributed by atoms with Gasteiger partial charge in [0, 0.05) is 44.4 Å². The molecule has 2 fully saturated rings. The first kappa shape index (κ1) is 23.8. The Morgan fingerprint density at radius 2 is 1.82 bits per heavy atom. The van der Waals surface area contributed by atoms with Gasteiger partial charge in [-0.15, -0.1) is 0 Å². The molecule has 8 heteroatoms. The van der Waals surface area contributed by atoms with Crippen molar-refractivity contribution in [3.63, 3.8) is 0 Å². The van der Waals surface area contributed by atoms with Gasteiger partial charge in [0.05, 0.1) is 6.04 Å². The van der Waals surface area contributed by atoms with Gasteiger partial charge in [0.15, 0.2) is 0 Å². The van der Waals surface area contributed by atoms with E-state index >= 15 is 0 Å². The highest BCUT2D eigenvalue weighted by molar-refractivity contribution is 5.98. The summed E-state index contributed by atoms with van der Waals surface area (Å²) in [7, 11) is 0. The minimum Gasteiger partial charge on any atom is -0.384 e. The highest BCUT2D eigenvalue weighted by atomic mass is 16.2. The van der Waals surface area contributed by atoms with Crippen molar-refractivity contribution < 1.29 is 9.59 Å². The number of amidine groups is 1. The van der Waals surface area contributed by atoms with Crippen molar-refractivity contribution in [2.45, 2.75) is 32.4 Å². The van der Waals surface area contributed by atoms with Crippen LogP contribution in [-0.4, -0.2) is 66.3 Å². The van der Waals surface area contributed by atoms with E-state index in [1.165, 1.54) is 12.5 Å². The summed E-state index contributed by atoms with van der Waals surface area (Å²) in [6, 6.07) is 17.5. The number of nitrogens with one attached hydrogen (secondary N) is 2. The Bertz CT molecular complexity index is 1020. The number of hydrogen-bond donors (Lipinski definition) is 3. The zero-order valence-electron chi connectivity index (χ0n) is 19.7. The molecule has 0 spiro atoms. The van der Waals surface area contributed by atoms with Gasteiger partial charge in [0.2, 0.25) is 5.91 Å². The van der Waals surface area contributed by atoms with E-state index in [0.717, 1.165) is 32.5 Å². The molecule has 2 aromatic carbocycles. The topological polar surface area (TPSA) is 106 Å². The number of hydrogen-bond acceptors (Lipinski definition) is 4. The number of nitrogens with zero attached hydrogens (tertiary/aromatic N) is 3. The molecule has 8 nitrogen and oxygen atoms in total. The summed E-state index contributed by atoms with van der Waals surface area (Å²) in [5, 5.41) is 10.7. The highest BCUT2D eigenvalue weighted by Gasteiger charge is 2.35. The molecule has 1 unspecified atom stereocenters. The average molecular weight is 463 g/mol. The number of likely N-dealkylation sites (tertiary alicyclic amines) is 1. The number of rotatable bonds is 7. The van der Waals surface area contributed by atoms with Crippen LogP contribution >= 0.6 is 0 Å². The summed E-state index contributed by atoms with van der Waals surface area (Å²) < 4.78 is 0. The third-order valence-electron chi connectivity index (χ3n) is 6.66. The van der Waals surface area contributed by atoms with Gasteiger partial charge in [0.25, 0.3) is 0 Å². The maximum absolute atomic E-state index is 13.5. The number of carbonyl (C=O) groups is 2. The van der Waals surface area contributed by atoms with E-state index in [9.17, 15) is 9.59 Å². The van der Waals surface area contributed by atoms with Crippen LogP contribution in [0.5, 0.6) is 0 Å². The Labute approximate surface area is 201 Å². The molecule has 2 aliphatic heterocycles. The smallest absolute Gasteiger partial charge is 0.324 e. The molecule has 2 heterocycles. The van der Waals surface area contributed by atoms with Gasteiger partial charge >= 0.3 is 6.03 Å². The highest BCUT2D eigenvalue weighted by Crippen LogP contribution is 2.25. The Balaban J connectivity index is 1.42. The van der Waals surface area contributed by atoms with Gasteiger partial charge in [-0.2, -0.15) is 0 Å². The van der Waals surface area contributed by atoms with Crippen LogP contribution < -0.4 is 16.0 Å². The lowest BCUT2D eigenvalue weighted by Gasteiger charge is -2.42. The molecule has 0 bridgehead atoms. The van der Waals surface area contributed by atoms with E-state index in [4.69, 9.17) is 11.1 Å². The largest absolute Gasteiger partial charge is 0.384 e. The zero-order chi connectivity index (χ0) is 24.1. The molecule has 3 amide bonds. The van der Waals surface area contributed by atoms with Crippen molar-refractivity contribution in [1.29, 1.82) is 5.41 Å². The Morgan fingerprint density at radius 1 is 1.09 bits per heavy atom. The van der Waals surface area contributed by atoms with E-state index in [1.54, 1.807) is 23.1 Å².